The predicted molar refractivity (Wildman–Crippen MR) is 127 cm³/mol. The Morgan fingerprint density at radius 1 is 1.18 bits per heavy atom. The van der Waals surface area contributed by atoms with Crippen molar-refractivity contribution in [1.82, 2.24) is 10.3 Å². The molecule has 0 radical (unpaired) electrons. The average Bonchev–Trinajstić information content (AvgIpc) is 3.28. The maximum absolute atomic E-state index is 12.5. The first kappa shape index (κ1) is 25.6. The summed E-state index contributed by atoms with van der Waals surface area (Å²) in [6.07, 6.45) is 3.01. The number of piperidine rings is 1. The second-order valence-electron chi connectivity index (χ2n) is 8.33. The Labute approximate surface area is 200 Å². The highest BCUT2D eigenvalue weighted by Crippen LogP contribution is 2.25. The molecule has 1 aliphatic rings. The molecule has 0 spiro atoms. The number of carbonyl (C=O) groups excluding carboxylic acids is 2. The molecule has 9 nitrogen and oxygen atoms in total. The van der Waals surface area contributed by atoms with E-state index in [0.717, 1.165) is 24.8 Å². The minimum absolute atomic E-state index is 0.205. The van der Waals surface area contributed by atoms with E-state index in [0.29, 0.717) is 44.3 Å². The number of hydrogen-bond donors (Lipinski definition) is 1. The lowest BCUT2D eigenvalue weighted by Gasteiger charge is -2.37. The summed E-state index contributed by atoms with van der Waals surface area (Å²) >= 11 is 0. The van der Waals surface area contributed by atoms with Crippen LogP contribution < -0.4 is 10.2 Å². The molecular weight excluding hydrogens is 438 g/mol. The molecule has 2 atom stereocenters. The number of nitrogens with zero attached hydrogens (tertiary/aromatic N) is 2. The van der Waals surface area contributed by atoms with E-state index < -0.39 is 12.1 Å². The number of hydrogen-bond acceptors (Lipinski definition) is 8. The Bertz CT molecular complexity index is 917. The van der Waals surface area contributed by atoms with Crippen molar-refractivity contribution in [3.63, 3.8) is 0 Å². The van der Waals surface area contributed by atoms with Crippen LogP contribution in [0.2, 0.25) is 0 Å². The Morgan fingerprint density at radius 3 is 2.68 bits per heavy atom. The van der Waals surface area contributed by atoms with Gasteiger partial charge in [-0.1, -0.05) is 50.6 Å². The fourth-order valence-electron chi connectivity index (χ4n) is 3.82. The van der Waals surface area contributed by atoms with E-state index in [2.05, 4.69) is 10.3 Å². The number of unbranched alkanes of at least 4 members (excludes halogenated alkanes) is 1. The van der Waals surface area contributed by atoms with Crippen molar-refractivity contribution in [2.75, 3.05) is 31.7 Å². The zero-order valence-corrected chi connectivity index (χ0v) is 20.2. The average molecular weight is 474 g/mol. The molecule has 2 unspecified atom stereocenters. The van der Waals surface area contributed by atoms with Gasteiger partial charge in [-0.05, 0) is 24.8 Å². The van der Waals surface area contributed by atoms with Crippen LogP contribution in [0.3, 0.4) is 0 Å². The van der Waals surface area contributed by atoms with Crippen molar-refractivity contribution in [2.24, 2.45) is 0 Å². The summed E-state index contributed by atoms with van der Waals surface area (Å²) in [6, 6.07) is 9.68. The largest absolute Gasteiger partial charge is 0.461 e. The standard InChI is InChI=1S/C25H35N3O6/c1-4-6-15-32-23(29)22-20(10-5-2)34-24(27-22)28-14-13-19(21(16-28)31-3)26-25(30)33-17-18-11-8-7-9-12-18/h7-9,11-12,19,21H,4-6,10,13-17H2,1-3H3,(H,26,30). The zero-order chi connectivity index (χ0) is 24.3. The van der Waals surface area contributed by atoms with Gasteiger partial charge in [0.2, 0.25) is 0 Å². The van der Waals surface area contributed by atoms with Crippen molar-refractivity contribution in [3.8, 4) is 0 Å². The Morgan fingerprint density at radius 2 is 1.97 bits per heavy atom. The van der Waals surface area contributed by atoms with Gasteiger partial charge < -0.3 is 28.8 Å². The number of ether oxygens (including phenoxy) is 3. The van der Waals surface area contributed by atoms with E-state index >= 15 is 0 Å². The number of aromatic nitrogens is 1. The molecule has 2 heterocycles. The molecule has 0 aliphatic carbocycles. The first-order chi connectivity index (χ1) is 16.5. The first-order valence-corrected chi connectivity index (χ1v) is 12.0. The fraction of sp³-hybridized carbons (Fsp3) is 0.560. The summed E-state index contributed by atoms with van der Waals surface area (Å²) in [5.74, 6) is 0.0885. The van der Waals surface area contributed by atoms with Gasteiger partial charge in [0.15, 0.2) is 5.69 Å². The van der Waals surface area contributed by atoms with Gasteiger partial charge in [-0.3, -0.25) is 0 Å². The maximum Gasteiger partial charge on any atom is 0.407 e. The third-order valence-electron chi connectivity index (χ3n) is 5.74. The number of benzene rings is 1. The molecule has 1 fully saturated rings. The quantitative estimate of drug-likeness (QED) is 0.384. The van der Waals surface area contributed by atoms with E-state index in [1.807, 2.05) is 49.1 Å². The van der Waals surface area contributed by atoms with Gasteiger partial charge in [-0.15, -0.1) is 0 Å². The summed E-state index contributed by atoms with van der Waals surface area (Å²) in [4.78, 5) is 31.2. The van der Waals surface area contributed by atoms with Crippen LogP contribution in [-0.4, -0.2) is 56.0 Å². The van der Waals surface area contributed by atoms with Gasteiger partial charge in [-0.2, -0.15) is 4.98 Å². The van der Waals surface area contributed by atoms with E-state index in [1.54, 1.807) is 7.11 Å². The van der Waals surface area contributed by atoms with Crippen molar-refractivity contribution in [2.45, 2.75) is 64.7 Å². The monoisotopic (exact) mass is 473 g/mol. The van der Waals surface area contributed by atoms with Crippen LogP contribution in [0.15, 0.2) is 34.7 Å². The van der Waals surface area contributed by atoms with Gasteiger partial charge in [0, 0.05) is 20.1 Å². The Balaban J connectivity index is 1.59. The molecular formula is C25H35N3O6. The van der Waals surface area contributed by atoms with Gasteiger partial charge >= 0.3 is 12.1 Å². The molecule has 1 N–H and O–H groups in total. The minimum Gasteiger partial charge on any atom is -0.461 e. The molecule has 186 valence electrons. The molecule has 9 heteroatoms. The van der Waals surface area contributed by atoms with Crippen LogP contribution in [0.25, 0.3) is 0 Å². The molecule has 34 heavy (non-hydrogen) atoms. The lowest BCUT2D eigenvalue weighted by molar-refractivity contribution is 0.0490. The number of alkyl carbamates (subject to hydrolysis) is 1. The number of amides is 1. The summed E-state index contributed by atoms with van der Waals surface area (Å²) in [6.45, 7) is 5.67. The smallest absolute Gasteiger partial charge is 0.407 e. The first-order valence-electron chi connectivity index (χ1n) is 12.0. The number of aryl methyl sites for hydroxylation is 1. The van der Waals surface area contributed by atoms with Gasteiger partial charge in [0.25, 0.3) is 6.01 Å². The topological polar surface area (TPSA) is 103 Å². The second kappa shape index (κ2) is 13.0. The number of oxazole rings is 1. The molecule has 1 amide bonds. The third-order valence-corrected chi connectivity index (χ3v) is 5.74. The van der Waals surface area contributed by atoms with Crippen molar-refractivity contribution in [3.05, 3.63) is 47.3 Å². The van der Waals surface area contributed by atoms with E-state index in [1.165, 1.54) is 0 Å². The fourth-order valence-corrected chi connectivity index (χ4v) is 3.82. The van der Waals surface area contributed by atoms with Gasteiger partial charge in [0.05, 0.1) is 25.3 Å². The second-order valence-corrected chi connectivity index (χ2v) is 8.33. The van der Waals surface area contributed by atoms with Crippen LogP contribution in [0.1, 0.15) is 61.3 Å². The lowest BCUT2D eigenvalue weighted by atomic mass is 10.0. The van der Waals surface area contributed by atoms with E-state index in [4.69, 9.17) is 18.6 Å². The molecule has 2 aromatic rings. The lowest BCUT2D eigenvalue weighted by Crippen LogP contribution is -2.55. The summed E-state index contributed by atoms with van der Waals surface area (Å²) in [7, 11) is 1.60. The maximum atomic E-state index is 12.5. The number of methoxy groups -OCH3 is 1. The van der Waals surface area contributed by atoms with E-state index in [9.17, 15) is 9.59 Å². The zero-order valence-electron chi connectivity index (χ0n) is 20.2. The SMILES string of the molecule is CCCCOC(=O)c1nc(N2CCC(NC(=O)OCc3ccccc3)C(OC)C2)oc1CCC. The molecule has 1 aliphatic heterocycles. The van der Waals surface area contributed by atoms with Crippen LogP contribution in [0.5, 0.6) is 0 Å². The van der Waals surface area contributed by atoms with Crippen LogP contribution in [0.4, 0.5) is 10.8 Å². The molecule has 1 saturated heterocycles. The van der Waals surface area contributed by atoms with Crippen LogP contribution >= 0.6 is 0 Å². The van der Waals surface area contributed by atoms with E-state index in [-0.39, 0.29) is 24.4 Å². The predicted octanol–water partition coefficient (Wildman–Crippen LogP) is 4.10. The number of anilines is 1. The number of carbonyl (C=O) groups is 2. The summed E-state index contributed by atoms with van der Waals surface area (Å²) < 4.78 is 22.3. The van der Waals surface area contributed by atoms with Gasteiger partial charge in [-0.25, -0.2) is 9.59 Å². The highest BCUT2D eigenvalue weighted by atomic mass is 16.5. The molecule has 0 bridgehead atoms. The number of nitrogens with one attached hydrogen (secondary N) is 1. The number of rotatable bonds is 11. The number of esters is 1. The highest BCUT2D eigenvalue weighted by Gasteiger charge is 2.34. The Kier molecular flexibility index (Phi) is 9.75. The van der Waals surface area contributed by atoms with Crippen LogP contribution in [0, 0.1) is 0 Å². The van der Waals surface area contributed by atoms with Crippen molar-refractivity contribution < 1.29 is 28.2 Å². The third kappa shape index (κ3) is 6.96. The Hall–Kier alpha value is -3.07. The summed E-state index contributed by atoms with van der Waals surface area (Å²) in [5.41, 5.74) is 1.17. The van der Waals surface area contributed by atoms with Crippen molar-refractivity contribution in [1.29, 1.82) is 0 Å². The molecule has 0 saturated carbocycles. The normalized spacial score (nSPS) is 17.9. The van der Waals surface area contributed by atoms with Gasteiger partial charge in [0.1, 0.15) is 12.4 Å². The van der Waals surface area contributed by atoms with Crippen molar-refractivity contribution >= 4 is 18.1 Å². The highest BCUT2D eigenvalue weighted by molar-refractivity contribution is 5.88. The minimum atomic E-state index is -0.484. The molecule has 1 aromatic carbocycles. The molecule has 3 rings (SSSR count). The van der Waals surface area contributed by atoms with Crippen LogP contribution in [-0.2, 0) is 27.2 Å². The summed E-state index contributed by atoms with van der Waals surface area (Å²) in [5, 5.41) is 2.91. The molecule has 1 aromatic heterocycles.